The third-order valence-electron chi connectivity index (χ3n) is 6.52. The molecule has 3 heterocycles. The van der Waals surface area contributed by atoms with E-state index in [1.54, 1.807) is 19.1 Å². The number of anilines is 2. The van der Waals surface area contributed by atoms with Crippen molar-refractivity contribution in [1.29, 1.82) is 0 Å². The Labute approximate surface area is 223 Å². The van der Waals surface area contributed by atoms with E-state index in [1.807, 2.05) is 0 Å². The molecule has 0 spiro atoms. The molecule has 0 saturated carbocycles. The summed E-state index contributed by atoms with van der Waals surface area (Å²) in [4.78, 5) is 44.6. The van der Waals surface area contributed by atoms with Gasteiger partial charge in [0.15, 0.2) is 11.6 Å². The molecule has 1 aromatic heterocycles. The number of nitrogens with zero attached hydrogens (tertiary/aromatic N) is 4. The van der Waals surface area contributed by atoms with E-state index >= 15 is 8.78 Å². The predicted molar refractivity (Wildman–Crippen MR) is 135 cm³/mol. The first-order valence-corrected chi connectivity index (χ1v) is 12.3. The fraction of sp³-hybridized carbons (Fsp3) is 0.440. The zero-order chi connectivity index (χ0) is 28.1. The minimum Gasteiger partial charge on any atom is -0.453 e. The van der Waals surface area contributed by atoms with Crippen molar-refractivity contribution in [3.63, 3.8) is 0 Å². The summed E-state index contributed by atoms with van der Waals surface area (Å²) in [6, 6.07) is 4.63. The largest absolute Gasteiger partial charge is 0.453 e. The van der Waals surface area contributed by atoms with Crippen molar-refractivity contribution in [3.8, 4) is 0 Å². The molecule has 3 atom stereocenters. The van der Waals surface area contributed by atoms with Crippen molar-refractivity contribution in [2.75, 3.05) is 56.2 Å². The van der Waals surface area contributed by atoms with Crippen molar-refractivity contribution >= 4 is 29.3 Å². The van der Waals surface area contributed by atoms with Gasteiger partial charge in [-0.15, -0.1) is 0 Å². The van der Waals surface area contributed by atoms with Crippen molar-refractivity contribution in [2.24, 2.45) is 0 Å². The van der Waals surface area contributed by atoms with Crippen LogP contribution in [-0.2, 0) is 14.3 Å². The van der Waals surface area contributed by atoms with Crippen LogP contribution in [0.5, 0.6) is 0 Å². The molecule has 4 rings (SSSR count). The van der Waals surface area contributed by atoms with Gasteiger partial charge in [-0.1, -0.05) is 0 Å². The number of hydrogen-bond acceptors (Lipinski definition) is 9. The molecule has 210 valence electrons. The highest BCUT2D eigenvalue weighted by atomic mass is 19.1. The first kappa shape index (κ1) is 28.0. The Hall–Kier alpha value is -4.04. The maximum Gasteiger partial charge on any atom is 0.406 e. The molecule has 3 amide bonds. The van der Waals surface area contributed by atoms with Crippen LogP contribution in [0.4, 0.5) is 25.0 Å². The Balaban J connectivity index is 1.34. The number of piperazine rings is 1. The number of aliphatic hydroxyl groups excluding tert-OH is 1. The highest BCUT2D eigenvalue weighted by molar-refractivity contribution is 5.97. The molecule has 3 unspecified atom stereocenters. The summed E-state index contributed by atoms with van der Waals surface area (Å²) in [5.41, 5.74) is 0.175. The van der Waals surface area contributed by atoms with Crippen LogP contribution in [0.1, 0.15) is 17.3 Å². The smallest absolute Gasteiger partial charge is 0.406 e. The van der Waals surface area contributed by atoms with E-state index in [-0.39, 0.29) is 56.6 Å². The Kier molecular flexibility index (Phi) is 8.76. The van der Waals surface area contributed by atoms with Gasteiger partial charge in [0.1, 0.15) is 11.7 Å². The van der Waals surface area contributed by atoms with Crippen molar-refractivity contribution in [1.82, 2.24) is 20.5 Å². The van der Waals surface area contributed by atoms with Gasteiger partial charge < -0.3 is 39.9 Å². The van der Waals surface area contributed by atoms with Crippen molar-refractivity contribution in [2.45, 2.75) is 25.5 Å². The topological polar surface area (TPSA) is 137 Å². The summed E-state index contributed by atoms with van der Waals surface area (Å²) < 4.78 is 40.1. The second kappa shape index (κ2) is 12.2. The first-order valence-electron chi connectivity index (χ1n) is 12.3. The molecule has 2 fully saturated rings. The summed E-state index contributed by atoms with van der Waals surface area (Å²) in [6.07, 6.45) is 0.203. The van der Waals surface area contributed by atoms with E-state index in [0.717, 1.165) is 12.1 Å². The van der Waals surface area contributed by atoms with Gasteiger partial charge in [-0.3, -0.25) is 14.6 Å². The number of rotatable bonds is 7. The zero-order valence-corrected chi connectivity index (χ0v) is 21.5. The molecule has 0 aliphatic carbocycles. The Bertz CT molecular complexity index is 1170. The van der Waals surface area contributed by atoms with E-state index in [0.29, 0.717) is 5.56 Å². The standard InChI is InChI=1S/C25H30F2N6O6/c1-15(30-22(34)16-4-3-5-28-12-16)23(35)32-8-6-31(7-9-32)21-19(26)10-17(11-20(21)27)33-14-18(39-25(33)37)13-29-24(36)38-2/h3-5,10-12,15,18,25,37H,6-9,13-14H2,1-2H3,(H,29,36)(H,30,34). The van der Waals surface area contributed by atoms with Gasteiger partial charge >= 0.3 is 6.09 Å². The minimum absolute atomic E-state index is 0.0397. The lowest BCUT2D eigenvalue weighted by atomic mass is 10.1. The Morgan fingerprint density at radius 1 is 1.21 bits per heavy atom. The Morgan fingerprint density at radius 3 is 2.51 bits per heavy atom. The molecule has 2 aromatic rings. The second-order valence-electron chi connectivity index (χ2n) is 9.12. The van der Waals surface area contributed by atoms with E-state index in [2.05, 4.69) is 20.4 Å². The molecule has 12 nitrogen and oxygen atoms in total. The van der Waals surface area contributed by atoms with Crippen molar-refractivity contribution < 1.29 is 37.7 Å². The van der Waals surface area contributed by atoms with Gasteiger partial charge in [0.2, 0.25) is 12.3 Å². The summed E-state index contributed by atoms with van der Waals surface area (Å²) in [5, 5.41) is 15.3. The second-order valence-corrected chi connectivity index (χ2v) is 9.12. The SMILES string of the molecule is COC(=O)NCC1CN(c2cc(F)c(N3CCN(C(=O)C(C)NC(=O)c4cccnc4)CC3)c(F)c2)C(O)O1. The van der Waals surface area contributed by atoms with Crippen LogP contribution < -0.4 is 20.4 Å². The number of methoxy groups -OCH3 is 1. The summed E-state index contributed by atoms with van der Waals surface area (Å²) >= 11 is 0. The number of carbonyl (C=O) groups excluding carboxylic acids is 3. The van der Waals surface area contributed by atoms with Gasteiger partial charge in [-0.25, -0.2) is 13.6 Å². The van der Waals surface area contributed by atoms with Gasteiger partial charge in [0.05, 0.1) is 25.3 Å². The molecule has 3 N–H and O–H groups in total. The fourth-order valence-corrected chi connectivity index (χ4v) is 4.50. The third-order valence-corrected chi connectivity index (χ3v) is 6.52. The van der Waals surface area contributed by atoms with E-state index in [1.165, 1.54) is 34.2 Å². The third kappa shape index (κ3) is 6.52. The van der Waals surface area contributed by atoms with E-state index in [4.69, 9.17) is 4.74 Å². The summed E-state index contributed by atoms with van der Waals surface area (Å²) in [7, 11) is 1.21. The lowest BCUT2D eigenvalue weighted by Crippen LogP contribution is -2.54. The quantitative estimate of drug-likeness (QED) is 0.456. The number of aromatic nitrogens is 1. The number of amides is 3. The molecule has 1 aromatic carbocycles. The number of carbonyl (C=O) groups is 3. The number of benzene rings is 1. The summed E-state index contributed by atoms with van der Waals surface area (Å²) in [5.74, 6) is -2.38. The molecule has 2 aliphatic rings. The molecular formula is C25H30F2N6O6. The maximum atomic E-state index is 15.1. The number of halogens is 2. The highest BCUT2D eigenvalue weighted by Crippen LogP contribution is 2.32. The average Bonchev–Trinajstić information content (AvgIpc) is 3.32. The zero-order valence-electron chi connectivity index (χ0n) is 21.5. The number of nitrogens with one attached hydrogen (secondary N) is 2. The molecule has 0 radical (unpaired) electrons. The lowest BCUT2D eigenvalue weighted by Gasteiger charge is -2.37. The molecule has 14 heteroatoms. The van der Waals surface area contributed by atoms with Crippen LogP contribution in [0.3, 0.4) is 0 Å². The monoisotopic (exact) mass is 548 g/mol. The van der Waals surface area contributed by atoms with Crippen LogP contribution >= 0.6 is 0 Å². The van der Waals surface area contributed by atoms with Gasteiger partial charge in [-0.2, -0.15) is 0 Å². The molecular weight excluding hydrogens is 518 g/mol. The minimum atomic E-state index is -1.45. The fourth-order valence-electron chi connectivity index (χ4n) is 4.50. The van der Waals surface area contributed by atoms with Crippen LogP contribution in [0.15, 0.2) is 36.7 Å². The Morgan fingerprint density at radius 2 is 1.90 bits per heavy atom. The van der Waals surface area contributed by atoms with E-state index < -0.39 is 42.2 Å². The predicted octanol–water partition coefficient (Wildman–Crippen LogP) is 0.664. The number of hydrogen-bond donors (Lipinski definition) is 3. The van der Waals surface area contributed by atoms with E-state index in [9.17, 15) is 19.5 Å². The maximum absolute atomic E-state index is 15.1. The van der Waals surface area contributed by atoms with Crippen LogP contribution in [-0.4, -0.2) is 97.8 Å². The molecule has 2 aliphatic heterocycles. The molecule has 0 bridgehead atoms. The lowest BCUT2D eigenvalue weighted by molar-refractivity contribution is -0.133. The highest BCUT2D eigenvalue weighted by Gasteiger charge is 2.34. The van der Waals surface area contributed by atoms with Crippen molar-refractivity contribution in [3.05, 3.63) is 53.9 Å². The number of pyridine rings is 1. The first-order chi connectivity index (χ1) is 18.7. The summed E-state index contributed by atoms with van der Waals surface area (Å²) in [6.45, 7) is 2.48. The van der Waals surface area contributed by atoms with Gasteiger partial charge in [0.25, 0.3) is 5.91 Å². The van der Waals surface area contributed by atoms with Crippen LogP contribution in [0.25, 0.3) is 0 Å². The number of aliphatic hydroxyl groups is 1. The van der Waals surface area contributed by atoms with Gasteiger partial charge in [-0.05, 0) is 31.2 Å². The molecule has 2 saturated heterocycles. The molecule has 39 heavy (non-hydrogen) atoms. The van der Waals surface area contributed by atoms with Crippen LogP contribution in [0, 0.1) is 11.6 Å². The average molecular weight is 549 g/mol. The number of ether oxygens (including phenoxy) is 2. The number of alkyl carbamates (subject to hydrolysis) is 1. The van der Waals surface area contributed by atoms with Crippen LogP contribution in [0.2, 0.25) is 0 Å². The van der Waals surface area contributed by atoms with Gasteiger partial charge in [0, 0.05) is 50.8 Å². The normalized spacial score (nSPS) is 20.0.